The van der Waals surface area contributed by atoms with Gasteiger partial charge >= 0.3 is 0 Å². The van der Waals surface area contributed by atoms with Crippen LogP contribution in [0.3, 0.4) is 0 Å². The molecule has 0 saturated heterocycles. The molecule has 5 nitrogen and oxygen atoms in total. The van der Waals surface area contributed by atoms with Crippen molar-refractivity contribution in [2.45, 2.75) is 65.8 Å². The van der Waals surface area contributed by atoms with Gasteiger partial charge in [-0.15, -0.1) is 0 Å². The molecule has 1 saturated carbocycles. The van der Waals surface area contributed by atoms with Crippen LogP contribution in [0.15, 0.2) is 6.20 Å². The van der Waals surface area contributed by atoms with Crippen LogP contribution in [0.1, 0.15) is 56.1 Å². The molecule has 138 valence electrons. The fraction of sp³-hybridized carbons (Fsp3) is 0.684. The average Bonchev–Trinajstić information content (AvgIpc) is 3.31. The fourth-order valence-corrected chi connectivity index (χ4v) is 4.82. The Hall–Kier alpha value is -1.43. The number of unbranched alkanes of at least 4 members (excludes halogenated alkanes) is 1. The first-order valence-corrected chi connectivity index (χ1v) is 11.2. The number of hydrogen-bond donors (Lipinski definition) is 0. The van der Waals surface area contributed by atoms with Crippen LogP contribution in [0, 0.1) is 19.8 Å². The molecule has 3 rings (SSSR count). The van der Waals surface area contributed by atoms with Gasteiger partial charge in [0.1, 0.15) is 21.2 Å². The summed E-state index contributed by atoms with van der Waals surface area (Å²) in [6, 6.07) is 0. The molecule has 25 heavy (non-hydrogen) atoms. The van der Waals surface area contributed by atoms with Gasteiger partial charge in [0.25, 0.3) is 0 Å². The van der Waals surface area contributed by atoms with Crippen LogP contribution in [0.2, 0.25) is 0 Å². The molecule has 0 unspecified atom stereocenters. The number of imidazole rings is 1. The third-order valence-electron chi connectivity index (χ3n) is 5.17. The van der Waals surface area contributed by atoms with Gasteiger partial charge in [0, 0.05) is 18.7 Å². The summed E-state index contributed by atoms with van der Waals surface area (Å²) in [4.78, 5) is 9.25. The van der Waals surface area contributed by atoms with E-state index in [2.05, 4.69) is 16.5 Å². The quantitative estimate of drug-likeness (QED) is 0.683. The van der Waals surface area contributed by atoms with E-state index < -0.39 is 9.84 Å². The molecule has 0 radical (unpaired) electrons. The topological polar surface area (TPSA) is 64.8 Å². The van der Waals surface area contributed by atoms with Crippen LogP contribution in [0.5, 0.6) is 0 Å². The first kappa shape index (κ1) is 18.4. The molecule has 0 aromatic carbocycles. The van der Waals surface area contributed by atoms with Crippen molar-refractivity contribution in [1.29, 1.82) is 0 Å². The van der Waals surface area contributed by atoms with E-state index in [-0.39, 0.29) is 5.75 Å². The highest BCUT2D eigenvalue weighted by Crippen LogP contribution is 2.33. The Morgan fingerprint density at radius 1 is 1.20 bits per heavy atom. The number of rotatable bonds is 9. The maximum Gasteiger partial charge on any atom is 0.150 e. The summed E-state index contributed by atoms with van der Waals surface area (Å²) < 4.78 is 26.5. The highest BCUT2D eigenvalue weighted by molar-refractivity contribution is 7.91. The lowest BCUT2D eigenvalue weighted by Crippen LogP contribution is -2.14. The van der Waals surface area contributed by atoms with E-state index in [1.54, 1.807) is 0 Å². The SMILES string of the molecule is CCCCS(=O)(=O)CCCn1c(CC2CC2)nc2cnc(C)c(C)c21. The Morgan fingerprint density at radius 3 is 2.60 bits per heavy atom. The van der Waals surface area contributed by atoms with Crippen molar-refractivity contribution in [1.82, 2.24) is 14.5 Å². The van der Waals surface area contributed by atoms with E-state index in [1.165, 1.54) is 12.8 Å². The Labute approximate surface area is 150 Å². The van der Waals surface area contributed by atoms with Crippen LogP contribution >= 0.6 is 0 Å². The van der Waals surface area contributed by atoms with Crippen molar-refractivity contribution in [3.05, 3.63) is 23.3 Å². The van der Waals surface area contributed by atoms with Crippen LogP contribution in [0.4, 0.5) is 0 Å². The zero-order valence-corrected chi connectivity index (χ0v) is 16.4. The first-order valence-electron chi connectivity index (χ1n) is 9.43. The van der Waals surface area contributed by atoms with Gasteiger partial charge in [-0.3, -0.25) is 4.98 Å². The largest absolute Gasteiger partial charge is 0.328 e. The number of sulfone groups is 1. The van der Waals surface area contributed by atoms with Crippen LogP contribution in [-0.4, -0.2) is 34.5 Å². The molecule has 6 heteroatoms. The summed E-state index contributed by atoms with van der Waals surface area (Å²) in [6.45, 7) is 6.84. The smallest absolute Gasteiger partial charge is 0.150 e. The van der Waals surface area contributed by atoms with Crippen LogP contribution in [-0.2, 0) is 22.8 Å². The van der Waals surface area contributed by atoms with Crippen molar-refractivity contribution in [2.75, 3.05) is 11.5 Å². The number of fused-ring (bicyclic) bond motifs is 1. The Balaban J connectivity index is 1.82. The first-order chi connectivity index (χ1) is 11.9. The number of nitrogens with zero attached hydrogens (tertiary/aromatic N) is 3. The number of pyridine rings is 1. The molecule has 2 aromatic rings. The van der Waals surface area contributed by atoms with Crippen LogP contribution in [0.25, 0.3) is 11.0 Å². The molecular formula is C19H29N3O2S. The number of aryl methyl sites for hydroxylation is 3. The molecule has 2 heterocycles. The average molecular weight is 364 g/mol. The van der Waals surface area contributed by atoms with E-state index in [4.69, 9.17) is 4.98 Å². The Morgan fingerprint density at radius 2 is 1.92 bits per heavy atom. The summed E-state index contributed by atoms with van der Waals surface area (Å²) >= 11 is 0. The lowest BCUT2D eigenvalue weighted by atomic mass is 10.2. The predicted octanol–water partition coefficient (Wildman–Crippen LogP) is 3.61. The van der Waals surface area contributed by atoms with Gasteiger partial charge in [0.2, 0.25) is 0 Å². The third-order valence-corrected chi connectivity index (χ3v) is 6.99. The lowest BCUT2D eigenvalue weighted by Gasteiger charge is -2.11. The van der Waals surface area contributed by atoms with E-state index in [1.807, 2.05) is 20.0 Å². The minimum Gasteiger partial charge on any atom is -0.328 e. The van der Waals surface area contributed by atoms with Crippen molar-refractivity contribution < 1.29 is 8.42 Å². The molecule has 0 amide bonds. The van der Waals surface area contributed by atoms with E-state index in [9.17, 15) is 8.42 Å². The summed E-state index contributed by atoms with van der Waals surface area (Å²) in [7, 11) is -2.94. The Bertz CT molecular complexity index is 851. The second kappa shape index (κ2) is 7.44. The van der Waals surface area contributed by atoms with E-state index >= 15 is 0 Å². The molecule has 0 N–H and O–H groups in total. The van der Waals surface area contributed by atoms with Crippen molar-refractivity contribution in [3.8, 4) is 0 Å². The van der Waals surface area contributed by atoms with Crippen molar-refractivity contribution in [3.63, 3.8) is 0 Å². The molecule has 2 aromatic heterocycles. The number of aromatic nitrogens is 3. The molecule has 0 spiro atoms. The van der Waals surface area contributed by atoms with Gasteiger partial charge in [0.15, 0.2) is 0 Å². The molecule has 1 aliphatic rings. The molecule has 1 aliphatic carbocycles. The minimum atomic E-state index is -2.94. The van der Waals surface area contributed by atoms with Gasteiger partial charge in [-0.25, -0.2) is 13.4 Å². The second-order valence-electron chi connectivity index (χ2n) is 7.39. The van der Waals surface area contributed by atoms with Gasteiger partial charge in [0.05, 0.1) is 23.2 Å². The van der Waals surface area contributed by atoms with E-state index in [0.29, 0.717) is 18.7 Å². The highest BCUT2D eigenvalue weighted by Gasteiger charge is 2.25. The predicted molar refractivity (Wildman–Crippen MR) is 102 cm³/mol. The van der Waals surface area contributed by atoms with Gasteiger partial charge in [-0.2, -0.15) is 0 Å². The van der Waals surface area contributed by atoms with E-state index in [0.717, 1.165) is 53.3 Å². The maximum atomic E-state index is 12.1. The van der Waals surface area contributed by atoms with Crippen LogP contribution < -0.4 is 0 Å². The standard InChI is InChI=1S/C19H29N3O2S/c1-4-5-10-25(23,24)11-6-9-22-18(12-16-7-8-16)21-17-13-20-15(3)14(2)19(17)22/h13,16H,4-12H2,1-3H3. The van der Waals surface area contributed by atoms with Crippen molar-refractivity contribution in [2.24, 2.45) is 5.92 Å². The molecular weight excluding hydrogens is 334 g/mol. The fourth-order valence-electron chi connectivity index (χ4n) is 3.32. The zero-order valence-electron chi connectivity index (χ0n) is 15.6. The molecule has 0 atom stereocenters. The monoisotopic (exact) mass is 363 g/mol. The second-order valence-corrected chi connectivity index (χ2v) is 9.69. The maximum absolute atomic E-state index is 12.1. The normalized spacial score (nSPS) is 15.2. The third kappa shape index (κ3) is 4.40. The van der Waals surface area contributed by atoms with Gasteiger partial charge < -0.3 is 4.57 Å². The molecule has 0 bridgehead atoms. The lowest BCUT2D eigenvalue weighted by molar-refractivity contribution is 0.579. The van der Waals surface area contributed by atoms with Gasteiger partial charge in [-0.1, -0.05) is 13.3 Å². The summed E-state index contributed by atoms with van der Waals surface area (Å²) in [5, 5.41) is 0. The molecule has 1 fully saturated rings. The molecule has 0 aliphatic heterocycles. The minimum absolute atomic E-state index is 0.263. The van der Waals surface area contributed by atoms with Crippen molar-refractivity contribution >= 4 is 20.9 Å². The summed E-state index contributed by atoms with van der Waals surface area (Å²) in [5.41, 5.74) is 4.24. The Kier molecular flexibility index (Phi) is 5.46. The summed E-state index contributed by atoms with van der Waals surface area (Å²) in [6.07, 6.45) is 7.74. The summed E-state index contributed by atoms with van der Waals surface area (Å²) in [5.74, 6) is 2.42. The zero-order chi connectivity index (χ0) is 18.0. The number of hydrogen-bond acceptors (Lipinski definition) is 4. The van der Waals surface area contributed by atoms with Gasteiger partial charge in [-0.05, 0) is 51.0 Å². The highest BCUT2D eigenvalue weighted by atomic mass is 32.2.